The highest BCUT2D eigenvalue weighted by atomic mass is 16.5. The minimum absolute atomic E-state index is 0.0491. The van der Waals surface area contributed by atoms with Crippen molar-refractivity contribution >= 4 is 11.1 Å². The number of benzene rings is 1. The largest absolute Gasteiger partial charge is 0.377 e. The third kappa shape index (κ3) is 4.02. The van der Waals surface area contributed by atoms with Gasteiger partial charge in [-0.3, -0.25) is 0 Å². The van der Waals surface area contributed by atoms with E-state index in [-0.39, 0.29) is 12.2 Å². The van der Waals surface area contributed by atoms with Crippen molar-refractivity contribution in [2.75, 3.05) is 14.2 Å². The normalized spacial score (nSPS) is 23.4. The van der Waals surface area contributed by atoms with Gasteiger partial charge < -0.3 is 9.47 Å². The molecule has 0 heterocycles. The molecule has 2 atom stereocenters. The molecule has 2 unspecified atom stereocenters. The highest BCUT2D eigenvalue weighted by Gasteiger charge is 2.08. The number of hydrogen-bond acceptors (Lipinski definition) is 2. The van der Waals surface area contributed by atoms with Crippen molar-refractivity contribution in [1.29, 1.82) is 0 Å². The van der Waals surface area contributed by atoms with Gasteiger partial charge >= 0.3 is 0 Å². The van der Waals surface area contributed by atoms with Gasteiger partial charge in [0.15, 0.2) is 0 Å². The van der Waals surface area contributed by atoms with E-state index in [0.29, 0.717) is 0 Å². The predicted molar refractivity (Wildman–Crippen MR) is 101 cm³/mol. The maximum atomic E-state index is 5.43. The second-order valence-electron chi connectivity index (χ2n) is 6.01. The summed E-state index contributed by atoms with van der Waals surface area (Å²) in [5.74, 6) is 0. The smallest absolute Gasteiger partial charge is 0.0940 e. The average molecular weight is 320 g/mol. The SMILES string of the molecule is COC1C=CC=C(c2ccc(C3=CCCC(OC)C=C3)cc2)C=C1. The Balaban J connectivity index is 1.78. The van der Waals surface area contributed by atoms with E-state index >= 15 is 0 Å². The Kier molecular flexibility index (Phi) is 5.63. The summed E-state index contributed by atoms with van der Waals surface area (Å²) in [4.78, 5) is 0. The fourth-order valence-corrected chi connectivity index (χ4v) is 2.98. The van der Waals surface area contributed by atoms with E-state index < -0.39 is 0 Å². The minimum Gasteiger partial charge on any atom is -0.377 e. The molecule has 24 heavy (non-hydrogen) atoms. The van der Waals surface area contributed by atoms with Crippen molar-refractivity contribution in [1.82, 2.24) is 0 Å². The standard InChI is InChI=1S/C22H24O2/c1-23-21-7-3-5-17(13-15-21)19-9-11-20(12-10-19)18-6-4-8-22(24-2)16-14-18/h3,5-7,9-16,21-22H,4,8H2,1-2H3. The van der Waals surface area contributed by atoms with Crippen LogP contribution in [0.3, 0.4) is 0 Å². The fraction of sp³-hybridized carbons (Fsp3) is 0.273. The maximum Gasteiger partial charge on any atom is 0.0940 e. The molecule has 0 saturated carbocycles. The van der Waals surface area contributed by atoms with Crippen LogP contribution >= 0.6 is 0 Å². The highest BCUT2D eigenvalue weighted by Crippen LogP contribution is 2.25. The van der Waals surface area contributed by atoms with E-state index in [1.165, 1.54) is 22.3 Å². The molecule has 0 spiro atoms. The Labute approximate surface area is 144 Å². The highest BCUT2D eigenvalue weighted by molar-refractivity contribution is 5.79. The summed E-state index contributed by atoms with van der Waals surface area (Å²) < 4.78 is 10.8. The monoisotopic (exact) mass is 320 g/mol. The molecule has 0 aromatic heterocycles. The molecule has 2 heteroatoms. The van der Waals surface area contributed by atoms with Gasteiger partial charge in [-0.15, -0.1) is 0 Å². The first-order chi connectivity index (χ1) is 11.8. The Hall–Kier alpha value is -2.16. The molecule has 2 aliphatic carbocycles. The average Bonchev–Trinajstić information content (AvgIpc) is 3.02. The second kappa shape index (κ2) is 8.09. The molecule has 0 bridgehead atoms. The number of hydrogen-bond donors (Lipinski definition) is 0. The summed E-state index contributed by atoms with van der Waals surface area (Å²) in [5.41, 5.74) is 4.92. The van der Waals surface area contributed by atoms with Crippen LogP contribution in [0.4, 0.5) is 0 Å². The molecule has 1 aromatic carbocycles. The van der Waals surface area contributed by atoms with Crippen LogP contribution < -0.4 is 0 Å². The van der Waals surface area contributed by atoms with E-state index in [9.17, 15) is 0 Å². The van der Waals surface area contributed by atoms with Crippen LogP contribution in [0.2, 0.25) is 0 Å². The lowest BCUT2D eigenvalue weighted by atomic mass is 9.99. The van der Waals surface area contributed by atoms with Crippen LogP contribution in [0.25, 0.3) is 11.1 Å². The maximum absolute atomic E-state index is 5.43. The summed E-state index contributed by atoms with van der Waals surface area (Å²) in [6, 6.07) is 8.74. The molecule has 2 nitrogen and oxygen atoms in total. The Bertz CT molecular complexity index is 702. The first-order valence-electron chi connectivity index (χ1n) is 8.41. The van der Waals surface area contributed by atoms with Crippen LogP contribution in [0.15, 0.2) is 72.9 Å². The van der Waals surface area contributed by atoms with E-state index in [4.69, 9.17) is 9.47 Å². The van der Waals surface area contributed by atoms with Gasteiger partial charge in [0.25, 0.3) is 0 Å². The zero-order chi connectivity index (χ0) is 16.8. The van der Waals surface area contributed by atoms with Crippen LogP contribution in [0, 0.1) is 0 Å². The van der Waals surface area contributed by atoms with E-state index in [1.54, 1.807) is 14.2 Å². The molecular formula is C22H24O2. The van der Waals surface area contributed by atoms with Gasteiger partial charge in [-0.2, -0.15) is 0 Å². The summed E-state index contributed by atoms with van der Waals surface area (Å²) in [7, 11) is 3.49. The van der Waals surface area contributed by atoms with Gasteiger partial charge in [-0.25, -0.2) is 0 Å². The molecule has 0 radical (unpaired) electrons. The molecule has 0 aliphatic heterocycles. The van der Waals surface area contributed by atoms with Gasteiger partial charge in [0.05, 0.1) is 12.2 Å². The Morgan fingerprint density at radius 3 is 2.25 bits per heavy atom. The van der Waals surface area contributed by atoms with Gasteiger partial charge in [0.1, 0.15) is 0 Å². The van der Waals surface area contributed by atoms with Crippen LogP contribution in [-0.4, -0.2) is 26.4 Å². The molecule has 0 amide bonds. The number of ether oxygens (including phenoxy) is 2. The lowest BCUT2D eigenvalue weighted by molar-refractivity contribution is 0.135. The van der Waals surface area contributed by atoms with Crippen molar-refractivity contribution in [3.05, 3.63) is 84.0 Å². The minimum atomic E-state index is 0.0491. The van der Waals surface area contributed by atoms with Crippen molar-refractivity contribution in [3.8, 4) is 0 Å². The fourth-order valence-electron chi connectivity index (χ4n) is 2.98. The lowest BCUT2D eigenvalue weighted by Crippen LogP contribution is -2.04. The molecule has 124 valence electrons. The van der Waals surface area contributed by atoms with E-state index in [2.05, 4.69) is 66.8 Å². The molecule has 0 saturated heterocycles. The zero-order valence-corrected chi connectivity index (χ0v) is 14.3. The molecular weight excluding hydrogens is 296 g/mol. The van der Waals surface area contributed by atoms with E-state index in [0.717, 1.165) is 12.8 Å². The predicted octanol–water partition coefficient (Wildman–Crippen LogP) is 4.96. The van der Waals surface area contributed by atoms with Crippen LogP contribution in [-0.2, 0) is 9.47 Å². The summed E-state index contributed by atoms with van der Waals surface area (Å²) in [6.45, 7) is 0. The van der Waals surface area contributed by atoms with E-state index in [1.807, 2.05) is 6.08 Å². The van der Waals surface area contributed by atoms with Gasteiger partial charge in [0.2, 0.25) is 0 Å². The number of methoxy groups -OCH3 is 2. The van der Waals surface area contributed by atoms with Gasteiger partial charge in [0, 0.05) is 14.2 Å². The van der Waals surface area contributed by atoms with Gasteiger partial charge in [-0.05, 0) is 35.1 Å². The first kappa shape index (κ1) is 16.7. The third-order valence-electron chi connectivity index (χ3n) is 4.47. The number of allylic oxidation sites excluding steroid dienone is 7. The Morgan fingerprint density at radius 1 is 0.833 bits per heavy atom. The second-order valence-corrected chi connectivity index (χ2v) is 6.01. The van der Waals surface area contributed by atoms with Crippen molar-refractivity contribution in [3.63, 3.8) is 0 Å². The summed E-state index contributed by atoms with van der Waals surface area (Å²) in [5, 5.41) is 0. The lowest BCUT2D eigenvalue weighted by Gasteiger charge is -2.06. The van der Waals surface area contributed by atoms with Gasteiger partial charge in [-0.1, -0.05) is 72.9 Å². The first-order valence-corrected chi connectivity index (χ1v) is 8.41. The molecule has 3 rings (SSSR count). The van der Waals surface area contributed by atoms with Crippen LogP contribution in [0.5, 0.6) is 0 Å². The molecule has 1 aromatic rings. The number of rotatable bonds is 4. The quantitative estimate of drug-likeness (QED) is 0.780. The summed E-state index contributed by atoms with van der Waals surface area (Å²) in [6.07, 6.45) is 19.4. The molecule has 2 aliphatic rings. The third-order valence-corrected chi connectivity index (χ3v) is 4.47. The topological polar surface area (TPSA) is 18.5 Å². The molecule has 0 N–H and O–H groups in total. The van der Waals surface area contributed by atoms with Crippen molar-refractivity contribution in [2.24, 2.45) is 0 Å². The van der Waals surface area contributed by atoms with Crippen molar-refractivity contribution in [2.45, 2.75) is 25.0 Å². The Morgan fingerprint density at radius 2 is 1.54 bits per heavy atom. The van der Waals surface area contributed by atoms with Crippen molar-refractivity contribution < 1.29 is 9.47 Å². The van der Waals surface area contributed by atoms with Crippen LogP contribution in [0.1, 0.15) is 24.0 Å². The zero-order valence-electron chi connectivity index (χ0n) is 14.3. The summed E-state index contributed by atoms with van der Waals surface area (Å²) >= 11 is 0. The molecule has 0 fully saturated rings.